The van der Waals surface area contributed by atoms with Gasteiger partial charge in [0.05, 0.1) is 12.3 Å². The lowest BCUT2D eigenvalue weighted by Gasteiger charge is -2.15. The smallest absolute Gasteiger partial charge is 0.228 e. The van der Waals surface area contributed by atoms with E-state index in [1.165, 1.54) is 0 Å². The van der Waals surface area contributed by atoms with Gasteiger partial charge in [-0.25, -0.2) is 0 Å². The maximum Gasteiger partial charge on any atom is 0.228 e. The number of anilines is 1. The zero-order valence-electron chi connectivity index (χ0n) is 10.9. The van der Waals surface area contributed by atoms with Crippen molar-refractivity contribution in [2.75, 3.05) is 25.5 Å². The van der Waals surface area contributed by atoms with Crippen LogP contribution in [0.25, 0.3) is 0 Å². The molecule has 1 atom stereocenters. The van der Waals surface area contributed by atoms with Crippen LogP contribution in [0.5, 0.6) is 5.75 Å². The Balaban J connectivity index is 2.81. The minimum Gasteiger partial charge on any atom is -0.492 e. The van der Waals surface area contributed by atoms with Crippen LogP contribution in [0.4, 0.5) is 5.69 Å². The Labute approximate surface area is 113 Å². The van der Waals surface area contributed by atoms with Crippen molar-refractivity contribution < 1.29 is 9.53 Å². The molecule has 1 unspecified atom stereocenters. The fourth-order valence-corrected chi connectivity index (χ4v) is 1.71. The normalized spacial score (nSPS) is 12.0. The topological polar surface area (TPSA) is 50.4 Å². The van der Waals surface area contributed by atoms with E-state index in [4.69, 9.17) is 16.3 Å². The number of amides is 1. The second-order valence-corrected chi connectivity index (χ2v) is 4.46. The Morgan fingerprint density at radius 2 is 2.22 bits per heavy atom. The highest BCUT2D eigenvalue weighted by atomic mass is 35.5. The van der Waals surface area contributed by atoms with Crippen LogP contribution >= 0.6 is 11.6 Å². The summed E-state index contributed by atoms with van der Waals surface area (Å²) in [6.45, 7) is 4.91. The molecule has 0 bridgehead atoms. The molecule has 4 nitrogen and oxygen atoms in total. The van der Waals surface area contributed by atoms with Gasteiger partial charge in [0.15, 0.2) is 0 Å². The number of carbonyl (C=O) groups is 1. The van der Waals surface area contributed by atoms with Crippen LogP contribution in [-0.2, 0) is 4.79 Å². The molecule has 1 aromatic carbocycles. The third-order valence-electron chi connectivity index (χ3n) is 2.46. The average Bonchev–Trinajstić information content (AvgIpc) is 2.33. The molecule has 0 heterocycles. The molecule has 100 valence electrons. The van der Waals surface area contributed by atoms with Crippen molar-refractivity contribution in [3.63, 3.8) is 0 Å². The van der Waals surface area contributed by atoms with E-state index >= 15 is 0 Å². The molecule has 1 aromatic rings. The lowest BCUT2D eigenvalue weighted by Crippen LogP contribution is -2.28. The summed E-state index contributed by atoms with van der Waals surface area (Å²) in [6, 6.07) is 5.18. The fraction of sp³-hybridized carbons (Fsp3) is 0.462. The van der Waals surface area contributed by atoms with Crippen molar-refractivity contribution in [2.45, 2.75) is 13.8 Å². The van der Waals surface area contributed by atoms with Crippen LogP contribution in [0, 0.1) is 5.92 Å². The predicted molar refractivity (Wildman–Crippen MR) is 74.3 cm³/mol. The first kappa shape index (κ1) is 14.8. The fourth-order valence-electron chi connectivity index (χ4n) is 1.54. The number of benzene rings is 1. The van der Waals surface area contributed by atoms with E-state index in [0.717, 1.165) is 0 Å². The predicted octanol–water partition coefficient (Wildman–Crippen LogP) is 2.53. The number of hydrogen-bond donors (Lipinski definition) is 2. The van der Waals surface area contributed by atoms with Gasteiger partial charge in [-0.15, -0.1) is 0 Å². The molecule has 1 rings (SSSR count). The average molecular weight is 271 g/mol. The molecule has 0 aliphatic carbocycles. The van der Waals surface area contributed by atoms with Crippen LogP contribution in [0.2, 0.25) is 5.02 Å². The summed E-state index contributed by atoms with van der Waals surface area (Å²) in [5.41, 5.74) is 0.609. The number of ether oxygens (including phenoxy) is 1. The highest BCUT2D eigenvalue weighted by Gasteiger charge is 2.14. The molecule has 5 heteroatoms. The number of halogens is 1. The highest BCUT2D eigenvalue weighted by Crippen LogP contribution is 2.28. The first-order valence-corrected chi connectivity index (χ1v) is 6.34. The molecule has 0 aliphatic rings. The third-order valence-corrected chi connectivity index (χ3v) is 2.69. The van der Waals surface area contributed by atoms with Gasteiger partial charge in [0.25, 0.3) is 0 Å². The van der Waals surface area contributed by atoms with E-state index in [1.807, 2.05) is 20.9 Å². The summed E-state index contributed by atoms with van der Waals surface area (Å²) in [7, 11) is 1.81. The van der Waals surface area contributed by atoms with Crippen LogP contribution in [0.1, 0.15) is 13.8 Å². The molecule has 0 radical (unpaired) electrons. The first-order chi connectivity index (χ1) is 8.58. The van der Waals surface area contributed by atoms with E-state index in [1.54, 1.807) is 18.2 Å². The maximum absolute atomic E-state index is 11.9. The van der Waals surface area contributed by atoms with Crippen molar-refractivity contribution in [3.8, 4) is 5.75 Å². The Kier molecular flexibility index (Phi) is 5.95. The monoisotopic (exact) mass is 270 g/mol. The lowest BCUT2D eigenvalue weighted by molar-refractivity contribution is -0.119. The molecule has 1 amide bonds. The van der Waals surface area contributed by atoms with Crippen molar-refractivity contribution in [2.24, 2.45) is 5.92 Å². The van der Waals surface area contributed by atoms with Gasteiger partial charge in [0.1, 0.15) is 5.75 Å². The maximum atomic E-state index is 11.9. The van der Waals surface area contributed by atoms with Gasteiger partial charge < -0.3 is 15.4 Å². The van der Waals surface area contributed by atoms with Gasteiger partial charge in [0.2, 0.25) is 5.91 Å². The van der Waals surface area contributed by atoms with E-state index < -0.39 is 0 Å². The van der Waals surface area contributed by atoms with Gasteiger partial charge in [0, 0.05) is 17.5 Å². The second kappa shape index (κ2) is 7.24. The van der Waals surface area contributed by atoms with Crippen molar-refractivity contribution in [3.05, 3.63) is 23.2 Å². The Morgan fingerprint density at radius 1 is 1.50 bits per heavy atom. The molecule has 2 N–H and O–H groups in total. The zero-order chi connectivity index (χ0) is 13.5. The minimum absolute atomic E-state index is 0.0624. The molecule has 0 spiro atoms. The van der Waals surface area contributed by atoms with E-state index in [9.17, 15) is 4.79 Å². The summed E-state index contributed by atoms with van der Waals surface area (Å²) in [5.74, 6) is 0.447. The molecular weight excluding hydrogens is 252 g/mol. The van der Waals surface area contributed by atoms with Gasteiger partial charge in [-0.05, 0) is 32.2 Å². The molecule has 0 saturated carbocycles. The van der Waals surface area contributed by atoms with E-state index in [0.29, 0.717) is 29.6 Å². The van der Waals surface area contributed by atoms with Crippen LogP contribution < -0.4 is 15.4 Å². The molecule has 0 saturated heterocycles. The van der Waals surface area contributed by atoms with Crippen molar-refractivity contribution in [1.29, 1.82) is 0 Å². The van der Waals surface area contributed by atoms with Crippen molar-refractivity contribution in [1.82, 2.24) is 5.32 Å². The standard InChI is InChI=1S/C13H19ClN2O2/c1-4-18-12-6-5-10(14)7-11(12)16-13(17)9(2)8-15-3/h5-7,9,15H,4,8H2,1-3H3,(H,16,17). The Hall–Kier alpha value is -1.26. The van der Waals surface area contributed by atoms with Gasteiger partial charge >= 0.3 is 0 Å². The SMILES string of the molecule is CCOc1ccc(Cl)cc1NC(=O)C(C)CNC. The van der Waals surface area contributed by atoms with Crippen LogP contribution in [-0.4, -0.2) is 26.1 Å². The van der Waals surface area contributed by atoms with Gasteiger partial charge in [-0.3, -0.25) is 4.79 Å². The van der Waals surface area contributed by atoms with Crippen LogP contribution in [0.15, 0.2) is 18.2 Å². The Bertz CT molecular complexity index is 410. The lowest BCUT2D eigenvalue weighted by atomic mass is 10.1. The summed E-state index contributed by atoms with van der Waals surface area (Å²) in [6.07, 6.45) is 0. The summed E-state index contributed by atoms with van der Waals surface area (Å²) < 4.78 is 5.44. The summed E-state index contributed by atoms with van der Waals surface area (Å²) >= 11 is 5.92. The molecule has 18 heavy (non-hydrogen) atoms. The first-order valence-electron chi connectivity index (χ1n) is 5.96. The number of rotatable bonds is 6. The molecule has 0 aromatic heterocycles. The van der Waals surface area contributed by atoms with E-state index in [2.05, 4.69) is 10.6 Å². The highest BCUT2D eigenvalue weighted by molar-refractivity contribution is 6.31. The molecule has 0 fully saturated rings. The van der Waals surface area contributed by atoms with Gasteiger partial charge in [-0.2, -0.15) is 0 Å². The Morgan fingerprint density at radius 3 is 2.83 bits per heavy atom. The van der Waals surface area contributed by atoms with Crippen LogP contribution in [0.3, 0.4) is 0 Å². The third kappa shape index (κ3) is 4.20. The number of nitrogens with one attached hydrogen (secondary N) is 2. The largest absolute Gasteiger partial charge is 0.492 e. The zero-order valence-corrected chi connectivity index (χ0v) is 11.7. The second-order valence-electron chi connectivity index (χ2n) is 4.02. The number of carbonyl (C=O) groups excluding carboxylic acids is 1. The van der Waals surface area contributed by atoms with E-state index in [-0.39, 0.29) is 11.8 Å². The van der Waals surface area contributed by atoms with Crippen molar-refractivity contribution >= 4 is 23.2 Å². The molecule has 0 aliphatic heterocycles. The number of hydrogen-bond acceptors (Lipinski definition) is 3. The minimum atomic E-state index is -0.122. The quantitative estimate of drug-likeness (QED) is 0.835. The van der Waals surface area contributed by atoms with Gasteiger partial charge in [-0.1, -0.05) is 18.5 Å². The summed E-state index contributed by atoms with van der Waals surface area (Å²) in [4.78, 5) is 11.9. The molecular formula is C13H19ClN2O2. The summed E-state index contributed by atoms with van der Waals surface area (Å²) in [5, 5.41) is 6.36.